The maximum absolute atomic E-state index is 13.2. The average molecular weight is 434 g/mol. The lowest BCUT2D eigenvalue weighted by atomic mass is 9.98. The number of aromatic nitrogens is 3. The molecule has 2 aliphatic rings. The Morgan fingerprint density at radius 1 is 1.16 bits per heavy atom. The molecule has 2 aliphatic heterocycles. The molecular formula is C25H31N5O2. The lowest BCUT2D eigenvalue weighted by molar-refractivity contribution is -0.129. The molecule has 3 aromatic rings. The molecule has 7 heteroatoms. The number of carbonyl (C=O) groups is 1. The second-order valence-corrected chi connectivity index (χ2v) is 9.34. The van der Waals surface area contributed by atoms with E-state index in [2.05, 4.69) is 42.0 Å². The summed E-state index contributed by atoms with van der Waals surface area (Å²) in [6, 6.07) is 8.98. The van der Waals surface area contributed by atoms with Crippen molar-refractivity contribution in [3.8, 4) is 0 Å². The van der Waals surface area contributed by atoms with Gasteiger partial charge in [0, 0.05) is 32.5 Å². The number of aromatic amines is 1. The van der Waals surface area contributed by atoms with E-state index >= 15 is 0 Å². The lowest BCUT2D eigenvalue weighted by Gasteiger charge is -2.35. The Morgan fingerprint density at radius 2 is 2.00 bits per heavy atom. The van der Waals surface area contributed by atoms with E-state index in [0.29, 0.717) is 30.7 Å². The fourth-order valence-electron chi connectivity index (χ4n) is 5.11. The van der Waals surface area contributed by atoms with Crippen LogP contribution in [0.3, 0.4) is 0 Å². The van der Waals surface area contributed by atoms with Crippen molar-refractivity contribution in [1.82, 2.24) is 24.4 Å². The second-order valence-electron chi connectivity index (χ2n) is 9.34. The summed E-state index contributed by atoms with van der Waals surface area (Å²) >= 11 is 0. The van der Waals surface area contributed by atoms with Gasteiger partial charge in [-0.25, -0.2) is 9.50 Å². The van der Waals surface area contributed by atoms with Crippen LogP contribution in [0.1, 0.15) is 65.9 Å². The predicted molar refractivity (Wildman–Crippen MR) is 124 cm³/mol. The Hall–Kier alpha value is -2.93. The molecule has 0 unspecified atom stereocenters. The van der Waals surface area contributed by atoms with Crippen LogP contribution in [0.2, 0.25) is 0 Å². The van der Waals surface area contributed by atoms with Crippen LogP contribution in [0.15, 0.2) is 29.1 Å². The molecule has 2 aromatic heterocycles. The molecule has 0 bridgehead atoms. The minimum absolute atomic E-state index is 0.00323. The van der Waals surface area contributed by atoms with E-state index in [0.717, 1.165) is 30.9 Å². The Morgan fingerprint density at radius 3 is 2.78 bits per heavy atom. The second kappa shape index (κ2) is 8.20. The van der Waals surface area contributed by atoms with Crippen molar-refractivity contribution in [3.63, 3.8) is 0 Å². The van der Waals surface area contributed by atoms with Crippen molar-refractivity contribution >= 4 is 11.6 Å². The fourth-order valence-corrected chi connectivity index (χ4v) is 5.11. The number of carbonyl (C=O) groups excluding carboxylic acids is 1. The summed E-state index contributed by atoms with van der Waals surface area (Å²) in [6.07, 6.45) is 4.05. The average Bonchev–Trinajstić information content (AvgIpc) is 3.21. The molecule has 5 rings (SSSR count). The number of aryl methyl sites for hydroxylation is 2. The van der Waals surface area contributed by atoms with Gasteiger partial charge in [0.25, 0.3) is 5.56 Å². The van der Waals surface area contributed by atoms with Crippen LogP contribution in [-0.4, -0.2) is 43.4 Å². The molecule has 4 heterocycles. The molecule has 32 heavy (non-hydrogen) atoms. The molecule has 1 N–H and O–H groups in total. The number of nitrogens with zero attached hydrogens (tertiary/aromatic N) is 4. The van der Waals surface area contributed by atoms with E-state index in [9.17, 15) is 9.59 Å². The van der Waals surface area contributed by atoms with Gasteiger partial charge >= 0.3 is 0 Å². The van der Waals surface area contributed by atoms with Gasteiger partial charge in [-0.3, -0.25) is 19.6 Å². The molecule has 0 saturated carbocycles. The smallest absolute Gasteiger partial charge is 0.277 e. The number of H-pyrrole nitrogens is 1. The third kappa shape index (κ3) is 3.75. The predicted octanol–water partition coefficient (Wildman–Crippen LogP) is 3.27. The maximum Gasteiger partial charge on any atom is 0.277 e. The van der Waals surface area contributed by atoms with Crippen LogP contribution in [0, 0.1) is 13.8 Å². The minimum atomic E-state index is -0.0845. The van der Waals surface area contributed by atoms with E-state index in [1.807, 2.05) is 6.07 Å². The molecule has 0 spiro atoms. The van der Waals surface area contributed by atoms with Gasteiger partial charge in [-0.05, 0) is 49.9 Å². The standard InChI is InChI=1S/C25H31N5O2/c1-16-7-8-19(12-17(16)2)14-29-10-5-4-6-23(29)22-13-24-26-21-9-11-28(18(3)31)15-20(21)25(32)30(24)27-22/h7-8,12-13,23,27H,4-6,9-11,14-15H2,1-3H3/t23-/m1/s1. The molecule has 0 aliphatic carbocycles. The summed E-state index contributed by atoms with van der Waals surface area (Å²) in [5.41, 5.74) is 7.06. The first-order chi connectivity index (χ1) is 15.4. The summed E-state index contributed by atoms with van der Waals surface area (Å²) in [7, 11) is 0. The number of amides is 1. The van der Waals surface area contributed by atoms with Crippen molar-refractivity contribution in [3.05, 3.63) is 68.3 Å². The zero-order chi connectivity index (χ0) is 22.4. The number of fused-ring (bicyclic) bond motifs is 2. The Labute approximate surface area is 188 Å². The number of likely N-dealkylation sites (tertiary alicyclic amines) is 1. The van der Waals surface area contributed by atoms with Gasteiger partial charge < -0.3 is 4.90 Å². The zero-order valence-electron chi connectivity index (χ0n) is 19.1. The molecule has 1 fully saturated rings. The minimum Gasteiger partial charge on any atom is -0.338 e. The van der Waals surface area contributed by atoms with E-state index in [1.54, 1.807) is 16.3 Å². The molecule has 0 radical (unpaired) electrons. The van der Waals surface area contributed by atoms with Gasteiger partial charge in [0.2, 0.25) is 5.91 Å². The number of hydrogen-bond donors (Lipinski definition) is 1. The van der Waals surface area contributed by atoms with Gasteiger partial charge in [0.05, 0.1) is 29.5 Å². The van der Waals surface area contributed by atoms with Gasteiger partial charge in [-0.1, -0.05) is 24.6 Å². The summed E-state index contributed by atoms with van der Waals surface area (Å²) in [5.74, 6) is -0.00323. The van der Waals surface area contributed by atoms with Crippen LogP contribution in [0.4, 0.5) is 0 Å². The monoisotopic (exact) mass is 433 g/mol. The van der Waals surface area contributed by atoms with Crippen molar-refractivity contribution in [1.29, 1.82) is 0 Å². The lowest BCUT2D eigenvalue weighted by Crippen LogP contribution is -2.39. The van der Waals surface area contributed by atoms with Gasteiger partial charge in [0.15, 0.2) is 5.65 Å². The third-order valence-corrected chi connectivity index (χ3v) is 7.16. The maximum atomic E-state index is 13.2. The molecule has 1 amide bonds. The topological polar surface area (TPSA) is 73.7 Å². The summed E-state index contributed by atoms with van der Waals surface area (Å²) in [5, 5.41) is 3.36. The first kappa shape index (κ1) is 20.9. The molecule has 1 saturated heterocycles. The van der Waals surface area contributed by atoms with Gasteiger partial charge in [-0.2, -0.15) is 0 Å². The molecule has 1 atom stereocenters. The quantitative estimate of drug-likeness (QED) is 0.688. The Balaban J connectivity index is 1.47. The molecule has 1 aromatic carbocycles. The number of nitrogens with one attached hydrogen (secondary N) is 1. The number of rotatable bonds is 3. The molecule has 7 nitrogen and oxygen atoms in total. The number of hydrogen-bond acceptors (Lipinski definition) is 4. The first-order valence-corrected chi connectivity index (χ1v) is 11.6. The van der Waals surface area contributed by atoms with Crippen LogP contribution < -0.4 is 5.56 Å². The van der Waals surface area contributed by atoms with E-state index in [1.165, 1.54) is 29.5 Å². The van der Waals surface area contributed by atoms with Crippen LogP contribution in [-0.2, 0) is 24.3 Å². The third-order valence-electron chi connectivity index (χ3n) is 7.16. The van der Waals surface area contributed by atoms with Crippen molar-refractivity contribution in [2.45, 2.75) is 65.6 Å². The van der Waals surface area contributed by atoms with Gasteiger partial charge in [-0.15, -0.1) is 0 Å². The highest BCUT2D eigenvalue weighted by Gasteiger charge is 2.28. The van der Waals surface area contributed by atoms with Crippen LogP contribution in [0.25, 0.3) is 5.65 Å². The van der Waals surface area contributed by atoms with Crippen molar-refractivity contribution < 1.29 is 4.79 Å². The van der Waals surface area contributed by atoms with E-state index in [-0.39, 0.29) is 17.5 Å². The number of benzene rings is 1. The summed E-state index contributed by atoms with van der Waals surface area (Å²) < 4.78 is 1.57. The fraction of sp³-hybridized carbons (Fsp3) is 0.480. The summed E-state index contributed by atoms with van der Waals surface area (Å²) in [6.45, 7) is 8.76. The molecular weight excluding hydrogens is 402 g/mol. The zero-order valence-corrected chi connectivity index (χ0v) is 19.1. The summed E-state index contributed by atoms with van der Waals surface area (Å²) in [4.78, 5) is 34.0. The highest BCUT2D eigenvalue weighted by atomic mass is 16.2. The van der Waals surface area contributed by atoms with E-state index in [4.69, 9.17) is 4.98 Å². The van der Waals surface area contributed by atoms with Crippen LogP contribution in [0.5, 0.6) is 0 Å². The Kier molecular flexibility index (Phi) is 5.37. The molecule has 168 valence electrons. The highest BCUT2D eigenvalue weighted by molar-refractivity contribution is 5.73. The van der Waals surface area contributed by atoms with Crippen LogP contribution >= 0.6 is 0 Å². The Bertz CT molecular complexity index is 1240. The SMILES string of the molecule is CC(=O)N1CCc2nc3cc([C@H]4CCCCN4Cc4ccc(C)c(C)c4)[nH]n3c(=O)c2C1. The largest absolute Gasteiger partial charge is 0.338 e. The first-order valence-electron chi connectivity index (χ1n) is 11.6. The van der Waals surface area contributed by atoms with Crippen molar-refractivity contribution in [2.75, 3.05) is 13.1 Å². The van der Waals surface area contributed by atoms with E-state index < -0.39 is 0 Å². The normalized spacial score (nSPS) is 19.3. The van der Waals surface area contributed by atoms with Crippen molar-refractivity contribution in [2.24, 2.45) is 0 Å². The number of piperidine rings is 1. The van der Waals surface area contributed by atoms with Gasteiger partial charge in [0.1, 0.15) is 0 Å². The highest BCUT2D eigenvalue weighted by Crippen LogP contribution is 2.32.